The zero-order chi connectivity index (χ0) is 14.6. The van der Waals surface area contributed by atoms with Gasteiger partial charge in [-0.25, -0.2) is 0 Å². The highest BCUT2D eigenvalue weighted by Crippen LogP contribution is 2.47. The van der Waals surface area contributed by atoms with Crippen molar-refractivity contribution in [2.75, 3.05) is 0 Å². The molecular weight excluding hydrogens is 215 g/mol. The van der Waals surface area contributed by atoms with E-state index >= 15 is 0 Å². The third kappa shape index (κ3) is 5.20. The van der Waals surface area contributed by atoms with Crippen LogP contribution in [0.25, 0.3) is 0 Å². The molecule has 0 aromatic rings. The Balaban J connectivity index is 4.98. The van der Waals surface area contributed by atoms with Crippen LogP contribution in [0.15, 0.2) is 11.1 Å². The van der Waals surface area contributed by atoms with E-state index in [-0.39, 0.29) is 0 Å². The molecule has 18 heavy (non-hydrogen) atoms. The van der Waals surface area contributed by atoms with Gasteiger partial charge in [-0.2, -0.15) is 0 Å². The summed E-state index contributed by atoms with van der Waals surface area (Å²) < 4.78 is 0. The van der Waals surface area contributed by atoms with Crippen molar-refractivity contribution in [3.63, 3.8) is 0 Å². The fraction of sp³-hybridized carbons (Fsp3) is 0.882. The first kappa shape index (κ1) is 17.8. The average molecular weight is 249 g/mol. The van der Waals surface area contributed by atoms with Gasteiger partial charge in [0.25, 0.3) is 0 Å². The van der Waals surface area contributed by atoms with Crippen molar-refractivity contribution in [3.05, 3.63) is 11.1 Å². The summed E-state index contributed by atoms with van der Waals surface area (Å²) in [6.45, 7) is 21.0. The Morgan fingerprint density at radius 2 is 1.50 bits per heavy atom. The van der Waals surface area contributed by atoms with Gasteiger partial charge >= 0.3 is 0 Å². The molecule has 0 aromatic heterocycles. The molecule has 0 aliphatic carbocycles. The highest BCUT2D eigenvalue weighted by molar-refractivity contribution is 6.33. The Hall–Kier alpha value is -0.195. The first-order valence-corrected chi connectivity index (χ1v) is 7.46. The molecule has 0 rings (SSSR count). The van der Waals surface area contributed by atoms with Crippen LogP contribution in [0.4, 0.5) is 0 Å². The van der Waals surface area contributed by atoms with E-state index < -0.39 is 0 Å². The van der Waals surface area contributed by atoms with Gasteiger partial charge in [-0.15, -0.1) is 0 Å². The third-order valence-corrected chi connectivity index (χ3v) is 4.56. The van der Waals surface area contributed by atoms with Crippen LogP contribution >= 0.6 is 0 Å². The van der Waals surface area contributed by atoms with Crippen LogP contribution in [0.3, 0.4) is 0 Å². The monoisotopic (exact) mass is 249 g/mol. The Labute approximate surface area is 117 Å². The fourth-order valence-electron chi connectivity index (χ4n) is 2.51. The third-order valence-electron chi connectivity index (χ3n) is 4.56. The Kier molecular flexibility index (Phi) is 6.75. The van der Waals surface area contributed by atoms with Gasteiger partial charge in [0.1, 0.15) is 7.28 Å². The predicted octanol–water partition coefficient (Wildman–Crippen LogP) is 5.98. The maximum Gasteiger partial charge on any atom is 0.106 e. The summed E-state index contributed by atoms with van der Waals surface area (Å²) >= 11 is 0. The maximum absolute atomic E-state index is 2.43. The lowest BCUT2D eigenvalue weighted by Crippen LogP contribution is -2.33. The van der Waals surface area contributed by atoms with Crippen LogP contribution in [-0.4, -0.2) is 7.28 Å². The number of hydrogen-bond acceptors (Lipinski definition) is 0. The molecule has 105 valence electrons. The van der Waals surface area contributed by atoms with Gasteiger partial charge in [0.2, 0.25) is 0 Å². The van der Waals surface area contributed by atoms with Crippen molar-refractivity contribution >= 4 is 7.28 Å². The molecule has 0 aliphatic heterocycles. The first-order valence-electron chi connectivity index (χ1n) is 7.46. The maximum atomic E-state index is 2.43. The molecule has 1 radical (unpaired) electrons. The van der Waals surface area contributed by atoms with E-state index in [9.17, 15) is 0 Å². The molecule has 0 nitrogen and oxygen atoms in total. The molecule has 1 heteroatoms. The van der Waals surface area contributed by atoms with Crippen molar-refractivity contribution in [2.45, 2.75) is 81.4 Å². The molecule has 0 bridgehead atoms. The van der Waals surface area contributed by atoms with Crippen molar-refractivity contribution in [1.29, 1.82) is 0 Å². The molecule has 0 amide bonds. The van der Waals surface area contributed by atoms with Gasteiger partial charge in [-0.05, 0) is 43.4 Å². The zero-order valence-corrected chi connectivity index (χ0v) is 14.3. The second kappa shape index (κ2) is 6.82. The largest absolute Gasteiger partial charge is 0.106 e. The lowest BCUT2D eigenvalue weighted by atomic mass is 9.54. The second-order valence-electron chi connectivity index (χ2n) is 7.76. The Bertz CT molecular complexity index is 278. The van der Waals surface area contributed by atoms with Crippen molar-refractivity contribution in [2.24, 2.45) is 16.7 Å². The summed E-state index contributed by atoms with van der Waals surface area (Å²) in [6.07, 6.45) is 3.67. The van der Waals surface area contributed by atoms with Crippen LogP contribution in [-0.2, 0) is 0 Å². The van der Waals surface area contributed by atoms with Crippen molar-refractivity contribution < 1.29 is 0 Å². The lowest BCUT2D eigenvalue weighted by molar-refractivity contribution is 0.129. The molecule has 0 unspecified atom stereocenters. The van der Waals surface area contributed by atoms with E-state index in [1.165, 1.54) is 24.7 Å². The Morgan fingerprint density at radius 1 is 1.00 bits per heavy atom. The second-order valence-corrected chi connectivity index (χ2v) is 7.76. The summed E-state index contributed by atoms with van der Waals surface area (Å²) in [7, 11) is 2.31. The SMILES string of the molecule is C[B]CC(C)(C)C(C)(C)CC(CC(C)C)=C(C)C. The molecule has 0 fully saturated rings. The van der Waals surface area contributed by atoms with Crippen LogP contribution in [0.1, 0.15) is 68.2 Å². The normalized spacial score (nSPS) is 12.8. The molecule has 0 heterocycles. The average Bonchev–Trinajstić information content (AvgIpc) is 2.14. The van der Waals surface area contributed by atoms with Crippen LogP contribution in [0.5, 0.6) is 0 Å². The Morgan fingerprint density at radius 3 is 1.83 bits per heavy atom. The molecule has 0 N–H and O–H groups in total. The lowest BCUT2D eigenvalue weighted by Gasteiger charge is -2.43. The van der Waals surface area contributed by atoms with E-state index in [2.05, 4.69) is 69.5 Å². The van der Waals surface area contributed by atoms with Crippen LogP contribution in [0, 0.1) is 16.7 Å². The molecule has 0 aliphatic rings. The summed E-state index contributed by atoms with van der Waals surface area (Å²) in [5, 5.41) is 0. The number of hydrogen-bond donors (Lipinski definition) is 0. The predicted molar refractivity (Wildman–Crippen MR) is 86.4 cm³/mol. The van der Waals surface area contributed by atoms with E-state index in [4.69, 9.17) is 0 Å². The van der Waals surface area contributed by atoms with E-state index in [0.717, 1.165) is 5.92 Å². The molecule has 0 saturated carbocycles. The highest BCUT2D eigenvalue weighted by atomic mass is 14.4. The first-order chi connectivity index (χ1) is 8.03. The molecule has 0 saturated heterocycles. The molecular formula is C17H34B. The van der Waals surface area contributed by atoms with Crippen molar-refractivity contribution in [1.82, 2.24) is 0 Å². The van der Waals surface area contributed by atoms with Crippen molar-refractivity contribution in [3.8, 4) is 0 Å². The van der Waals surface area contributed by atoms with Gasteiger partial charge in [0.05, 0.1) is 0 Å². The van der Waals surface area contributed by atoms with E-state index in [1.54, 1.807) is 5.57 Å². The summed E-state index contributed by atoms with van der Waals surface area (Å²) in [6, 6.07) is 0. The number of allylic oxidation sites excluding steroid dienone is 2. The van der Waals surface area contributed by atoms with E-state index in [1.807, 2.05) is 0 Å². The van der Waals surface area contributed by atoms with Crippen LogP contribution in [0.2, 0.25) is 13.1 Å². The molecule has 0 atom stereocenters. The van der Waals surface area contributed by atoms with Gasteiger partial charge < -0.3 is 0 Å². The fourth-order valence-corrected chi connectivity index (χ4v) is 2.51. The molecule has 0 spiro atoms. The van der Waals surface area contributed by atoms with Gasteiger partial charge in [0, 0.05) is 0 Å². The quantitative estimate of drug-likeness (QED) is 0.384. The zero-order valence-electron chi connectivity index (χ0n) is 14.3. The summed E-state index contributed by atoms with van der Waals surface area (Å²) in [4.78, 5) is 0. The highest BCUT2D eigenvalue weighted by Gasteiger charge is 2.36. The standard InChI is InChI=1S/C17H34B/c1-13(2)10-15(14(3)4)11-16(5,6)17(7,8)12-18-9/h13H,10-12H2,1-9H3. The minimum atomic E-state index is 0.348. The molecule has 0 aromatic carbocycles. The minimum Gasteiger partial charge on any atom is -0.0920 e. The number of rotatable bonds is 7. The topological polar surface area (TPSA) is 0 Å². The van der Waals surface area contributed by atoms with Gasteiger partial charge in [0.15, 0.2) is 0 Å². The minimum absolute atomic E-state index is 0.348. The van der Waals surface area contributed by atoms with Crippen LogP contribution < -0.4 is 0 Å². The van der Waals surface area contributed by atoms with E-state index in [0.29, 0.717) is 10.8 Å². The summed E-state index contributed by atoms with van der Waals surface area (Å²) in [5.41, 5.74) is 3.90. The van der Waals surface area contributed by atoms with Gasteiger partial charge in [-0.1, -0.05) is 65.8 Å². The summed E-state index contributed by atoms with van der Waals surface area (Å²) in [5.74, 6) is 0.756. The smallest absolute Gasteiger partial charge is 0.0920 e. The van der Waals surface area contributed by atoms with Gasteiger partial charge in [-0.3, -0.25) is 0 Å².